The molecule has 0 saturated heterocycles. The smallest absolute Gasteiger partial charge is 0.136 e. The van der Waals surface area contributed by atoms with Gasteiger partial charge in [-0.2, -0.15) is 0 Å². The molecule has 0 aromatic heterocycles. The molecule has 3 aliphatic carbocycles. The molecule has 3 saturated carbocycles. The molecule has 3 aliphatic rings. The van der Waals surface area contributed by atoms with Crippen LogP contribution in [0.1, 0.15) is 143 Å². The predicted molar refractivity (Wildman–Crippen MR) is 135 cm³/mol. The van der Waals surface area contributed by atoms with E-state index in [4.69, 9.17) is 0 Å². The Morgan fingerprint density at radius 1 is 0.875 bits per heavy atom. The maximum Gasteiger partial charge on any atom is 0.136 e. The van der Waals surface area contributed by atoms with Crippen LogP contribution in [0.25, 0.3) is 0 Å². The van der Waals surface area contributed by atoms with Crippen LogP contribution in [0.3, 0.4) is 0 Å². The first kappa shape index (κ1) is 26.0. The van der Waals surface area contributed by atoms with Crippen LogP contribution in [0, 0.1) is 35.0 Å². The van der Waals surface area contributed by atoms with E-state index in [1.165, 1.54) is 70.6 Å². The van der Waals surface area contributed by atoms with E-state index >= 15 is 0 Å². The van der Waals surface area contributed by atoms with Crippen LogP contribution in [-0.2, 0) is 9.59 Å². The molecule has 0 heterocycles. The fourth-order valence-corrected chi connectivity index (χ4v) is 6.86. The zero-order valence-electron chi connectivity index (χ0n) is 21.6. The lowest BCUT2D eigenvalue weighted by Gasteiger charge is -2.29. The largest absolute Gasteiger partial charge is 0.300 e. The Morgan fingerprint density at radius 3 is 2.16 bits per heavy atom. The van der Waals surface area contributed by atoms with Crippen molar-refractivity contribution in [1.29, 1.82) is 0 Å². The standard InChI is InChI=1S/C30H52O2/c1-4-24-14-16-26(17-15-24)29(32)20-27(23(2)3)12-8-9-13-28(31)22-30(18-19-30)21-25-10-6-5-7-11-25/h23-27H,4-22H2,1-3H3. The van der Waals surface area contributed by atoms with Gasteiger partial charge in [-0.25, -0.2) is 0 Å². The van der Waals surface area contributed by atoms with Crippen LogP contribution >= 0.6 is 0 Å². The third kappa shape index (κ3) is 8.28. The molecule has 0 amide bonds. The summed E-state index contributed by atoms with van der Waals surface area (Å²) in [6, 6.07) is 0. The third-order valence-electron chi connectivity index (χ3n) is 9.54. The average molecular weight is 445 g/mol. The molecule has 3 rings (SSSR count). The summed E-state index contributed by atoms with van der Waals surface area (Å²) in [6.07, 6.45) is 22.7. The van der Waals surface area contributed by atoms with E-state index in [0.29, 0.717) is 34.7 Å². The van der Waals surface area contributed by atoms with Gasteiger partial charge in [0.2, 0.25) is 0 Å². The Labute approximate surface area is 199 Å². The van der Waals surface area contributed by atoms with E-state index in [1.54, 1.807) is 0 Å². The molecule has 184 valence electrons. The van der Waals surface area contributed by atoms with Crippen LogP contribution in [0.2, 0.25) is 0 Å². The zero-order valence-corrected chi connectivity index (χ0v) is 21.6. The molecule has 0 bridgehead atoms. The average Bonchev–Trinajstić information content (AvgIpc) is 3.54. The summed E-state index contributed by atoms with van der Waals surface area (Å²) in [5.41, 5.74) is 0.406. The maximum absolute atomic E-state index is 12.9. The van der Waals surface area contributed by atoms with Gasteiger partial charge in [0.05, 0.1) is 0 Å². The number of unbranched alkanes of at least 4 members (excludes halogenated alkanes) is 1. The quantitative estimate of drug-likeness (QED) is 0.251. The van der Waals surface area contributed by atoms with Crippen molar-refractivity contribution in [2.45, 2.75) is 143 Å². The van der Waals surface area contributed by atoms with Gasteiger partial charge in [0.25, 0.3) is 0 Å². The highest BCUT2D eigenvalue weighted by atomic mass is 16.1. The van der Waals surface area contributed by atoms with Crippen LogP contribution in [-0.4, -0.2) is 11.6 Å². The SMILES string of the molecule is CCC1CCC(C(=O)CC(CCCCC(=O)CC2(CC3CCCCC3)CC2)C(C)C)CC1. The van der Waals surface area contributed by atoms with E-state index < -0.39 is 0 Å². The number of ketones is 2. The predicted octanol–water partition coefficient (Wildman–Crippen LogP) is 8.70. The van der Waals surface area contributed by atoms with Gasteiger partial charge in [0.1, 0.15) is 11.6 Å². The molecule has 3 fully saturated rings. The van der Waals surface area contributed by atoms with Gasteiger partial charge in [0, 0.05) is 25.2 Å². The summed E-state index contributed by atoms with van der Waals surface area (Å²) in [4.78, 5) is 25.6. The highest BCUT2D eigenvalue weighted by molar-refractivity contribution is 5.81. The van der Waals surface area contributed by atoms with E-state index in [0.717, 1.165) is 63.2 Å². The number of hydrogen-bond donors (Lipinski definition) is 0. The van der Waals surface area contributed by atoms with Gasteiger partial charge in [-0.3, -0.25) is 9.59 Å². The minimum Gasteiger partial charge on any atom is -0.300 e. The van der Waals surface area contributed by atoms with Crippen molar-refractivity contribution < 1.29 is 9.59 Å². The van der Waals surface area contributed by atoms with Crippen molar-refractivity contribution in [2.75, 3.05) is 0 Å². The third-order valence-corrected chi connectivity index (χ3v) is 9.54. The summed E-state index contributed by atoms with van der Waals surface area (Å²) < 4.78 is 0. The molecule has 0 aromatic rings. The fraction of sp³-hybridized carbons (Fsp3) is 0.933. The zero-order chi connectivity index (χ0) is 23.0. The molecule has 0 radical (unpaired) electrons. The molecule has 1 atom stereocenters. The Morgan fingerprint density at radius 2 is 1.56 bits per heavy atom. The van der Waals surface area contributed by atoms with Crippen LogP contribution in [0.5, 0.6) is 0 Å². The minimum atomic E-state index is 0.333. The summed E-state index contributed by atoms with van der Waals surface area (Å²) in [7, 11) is 0. The Bertz CT molecular complexity index is 574. The molecule has 2 nitrogen and oxygen atoms in total. The molecule has 0 aliphatic heterocycles. The second-order valence-corrected chi connectivity index (χ2v) is 12.5. The molecule has 0 spiro atoms. The van der Waals surface area contributed by atoms with E-state index in [1.807, 2.05) is 0 Å². The molecule has 0 aromatic carbocycles. The van der Waals surface area contributed by atoms with Crippen LogP contribution in [0.4, 0.5) is 0 Å². The van der Waals surface area contributed by atoms with E-state index in [9.17, 15) is 9.59 Å². The first-order chi connectivity index (χ1) is 15.4. The van der Waals surface area contributed by atoms with Gasteiger partial charge in [-0.1, -0.05) is 65.7 Å². The van der Waals surface area contributed by atoms with E-state index in [2.05, 4.69) is 20.8 Å². The lowest BCUT2D eigenvalue weighted by atomic mass is 9.76. The van der Waals surface area contributed by atoms with Gasteiger partial charge in [0.15, 0.2) is 0 Å². The summed E-state index contributed by atoms with van der Waals surface area (Å²) in [5, 5.41) is 0. The van der Waals surface area contributed by atoms with E-state index in [-0.39, 0.29) is 0 Å². The number of rotatable bonds is 14. The van der Waals surface area contributed by atoms with Crippen molar-refractivity contribution in [3.63, 3.8) is 0 Å². The van der Waals surface area contributed by atoms with Crippen molar-refractivity contribution in [3.05, 3.63) is 0 Å². The Balaban J connectivity index is 1.32. The lowest BCUT2D eigenvalue weighted by Crippen LogP contribution is -2.25. The number of carbonyl (C=O) groups excluding carboxylic acids is 2. The first-order valence-corrected chi connectivity index (χ1v) is 14.4. The van der Waals surface area contributed by atoms with Crippen molar-refractivity contribution in [2.24, 2.45) is 35.0 Å². The number of hydrogen-bond acceptors (Lipinski definition) is 2. The Kier molecular flexibility index (Phi) is 10.3. The maximum atomic E-state index is 12.9. The van der Waals surface area contributed by atoms with Crippen molar-refractivity contribution in [1.82, 2.24) is 0 Å². The minimum absolute atomic E-state index is 0.333. The first-order valence-electron chi connectivity index (χ1n) is 14.4. The number of carbonyl (C=O) groups is 2. The highest BCUT2D eigenvalue weighted by Crippen LogP contribution is 2.55. The van der Waals surface area contributed by atoms with Crippen LogP contribution in [0.15, 0.2) is 0 Å². The second kappa shape index (κ2) is 12.7. The highest BCUT2D eigenvalue weighted by Gasteiger charge is 2.45. The summed E-state index contributed by atoms with van der Waals surface area (Å²) in [5.74, 6) is 4.21. The molecular formula is C30H52O2. The topological polar surface area (TPSA) is 34.1 Å². The van der Waals surface area contributed by atoms with Crippen molar-refractivity contribution in [3.8, 4) is 0 Å². The van der Waals surface area contributed by atoms with Crippen molar-refractivity contribution >= 4 is 11.6 Å². The monoisotopic (exact) mass is 444 g/mol. The second-order valence-electron chi connectivity index (χ2n) is 12.5. The Hall–Kier alpha value is -0.660. The summed E-state index contributed by atoms with van der Waals surface area (Å²) in [6.45, 7) is 6.84. The molecular weight excluding hydrogens is 392 g/mol. The van der Waals surface area contributed by atoms with Gasteiger partial charge < -0.3 is 0 Å². The molecule has 32 heavy (non-hydrogen) atoms. The summed E-state index contributed by atoms with van der Waals surface area (Å²) >= 11 is 0. The normalized spacial score (nSPS) is 26.8. The van der Waals surface area contributed by atoms with Crippen LogP contribution < -0.4 is 0 Å². The molecule has 0 N–H and O–H groups in total. The number of Topliss-reactive ketones (excluding diaryl/α,β-unsaturated/α-hetero) is 2. The van der Waals surface area contributed by atoms with Gasteiger partial charge >= 0.3 is 0 Å². The molecule has 1 unspecified atom stereocenters. The fourth-order valence-electron chi connectivity index (χ4n) is 6.86. The molecule has 2 heteroatoms. The lowest BCUT2D eigenvalue weighted by molar-refractivity contribution is -0.125. The van der Waals surface area contributed by atoms with Gasteiger partial charge in [-0.15, -0.1) is 0 Å². The van der Waals surface area contributed by atoms with Gasteiger partial charge in [-0.05, 0) is 86.9 Å².